The molecule has 0 fully saturated rings. The predicted octanol–water partition coefficient (Wildman–Crippen LogP) is -3.62. The van der Waals surface area contributed by atoms with Crippen LogP contribution in [0.25, 0.3) is 0 Å². The minimum Gasteiger partial charge on any atom is -1.00 e. The molecule has 0 aliphatic heterocycles. The van der Waals surface area contributed by atoms with E-state index in [1.165, 1.54) is 0 Å². The van der Waals surface area contributed by atoms with Gasteiger partial charge in [0.2, 0.25) is 0 Å². The number of ether oxygens (including phenoxy) is 1. The van der Waals surface area contributed by atoms with E-state index >= 15 is 0 Å². The molecule has 0 aromatic rings. The first-order valence-electron chi connectivity index (χ1n) is 3.24. The van der Waals surface area contributed by atoms with E-state index < -0.39 is 12.1 Å². The van der Waals surface area contributed by atoms with Crippen LogP contribution in [0.1, 0.15) is 14.8 Å². The molecule has 0 aromatic carbocycles. The van der Waals surface area contributed by atoms with Gasteiger partial charge in [0, 0.05) is 0 Å². The van der Waals surface area contributed by atoms with Crippen molar-refractivity contribution in [2.75, 3.05) is 13.2 Å². The fourth-order valence-electron chi connectivity index (χ4n) is 0.366. The van der Waals surface area contributed by atoms with Gasteiger partial charge in [-0.05, 0) is 6.42 Å². The number of esters is 1. The summed E-state index contributed by atoms with van der Waals surface area (Å²) in [7, 11) is 0. The van der Waals surface area contributed by atoms with Gasteiger partial charge in [0.05, 0.1) is 12.6 Å². The zero-order valence-corrected chi connectivity index (χ0v) is 9.04. The molecule has 0 spiro atoms. The zero-order valence-electron chi connectivity index (χ0n) is 8.04. The molecule has 0 saturated heterocycles. The maximum atomic E-state index is 10.4. The molecular weight excluding hydrogens is 157 g/mol. The Kier molecular flexibility index (Phi) is 10.8. The molecule has 0 saturated carbocycles. The number of hydrogen-bond acceptors (Lipinski definition) is 4. The summed E-state index contributed by atoms with van der Waals surface area (Å²) in [5.74, 6) is -0.479. The van der Waals surface area contributed by atoms with Crippen LogP contribution < -0.4 is 35.3 Å². The third-order valence-corrected chi connectivity index (χ3v) is 1.07. The van der Waals surface area contributed by atoms with Crippen LogP contribution in [0.2, 0.25) is 0 Å². The van der Waals surface area contributed by atoms with Gasteiger partial charge in [0.1, 0.15) is 6.61 Å². The Morgan fingerprint density at radius 1 is 1.82 bits per heavy atom. The normalized spacial score (nSPS) is 11.5. The number of carbonyl (C=O) groups excluding carboxylic acids is 1. The summed E-state index contributed by atoms with van der Waals surface area (Å²) in [5.41, 5.74) is 4.94. The van der Waals surface area contributed by atoms with Crippen LogP contribution in [0.4, 0.5) is 0 Å². The van der Waals surface area contributed by atoms with E-state index in [0.717, 1.165) is 0 Å². The molecule has 0 aliphatic carbocycles. The molecule has 0 heterocycles. The largest absolute Gasteiger partial charge is 1.00 e. The molecule has 0 amide bonds. The molecule has 0 bridgehead atoms. The van der Waals surface area contributed by atoms with Gasteiger partial charge in [-0.15, -0.1) is 0 Å². The molecule has 11 heavy (non-hydrogen) atoms. The quantitative estimate of drug-likeness (QED) is 0.338. The number of hydrogen-bond donors (Lipinski definition) is 2. The van der Waals surface area contributed by atoms with Crippen LogP contribution in [-0.2, 0) is 9.53 Å². The number of aliphatic hydroxyl groups is 1. The zero-order chi connectivity index (χ0) is 7.98. The van der Waals surface area contributed by atoms with Gasteiger partial charge in [-0.3, -0.25) is 4.79 Å². The Morgan fingerprint density at radius 3 is 2.73 bits per heavy atom. The SMILES string of the molecule is CCC(O)COC(=O)CN.[H-].[Na+]. The second-order valence-corrected chi connectivity index (χ2v) is 1.95. The average molecular weight is 171 g/mol. The van der Waals surface area contributed by atoms with Crippen LogP contribution in [0.15, 0.2) is 0 Å². The Morgan fingerprint density at radius 2 is 2.36 bits per heavy atom. The second kappa shape index (κ2) is 8.49. The van der Waals surface area contributed by atoms with Crippen LogP contribution in [0, 0.1) is 0 Å². The number of aliphatic hydroxyl groups excluding tert-OH is 1. The molecule has 0 aromatic heterocycles. The van der Waals surface area contributed by atoms with Gasteiger partial charge < -0.3 is 17.0 Å². The molecule has 0 aliphatic rings. The Hall–Kier alpha value is 0.390. The Bertz CT molecular complexity index is 115. The van der Waals surface area contributed by atoms with Crippen molar-refractivity contribution in [2.45, 2.75) is 19.4 Å². The summed E-state index contributed by atoms with van der Waals surface area (Å²) in [6.45, 7) is 1.73. The van der Waals surface area contributed by atoms with Crippen LogP contribution >= 0.6 is 0 Å². The van der Waals surface area contributed by atoms with Gasteiger partial charge in [-0.2, -0.15) is 0 Å². The van der Waals surface area contributed by atoms with Crippen LogP contribution in [0.5, 0.6) is 0 Å². The summed E-state index contributed by atoms with van der Waals surface area (Å²) in [6.07, 6.45) is 0.0215. The van der Waals surface area contributed by atoms with E-state index in [-0.39, 0.29) is 44.1 Å². The molecule has 5 heteroatoms. The maximum Gasteiger partial charge on any atom is 1.00 e. The predicted molar refractivity (Wildman–Crippen MR) is 37.4 cm³/mol. The number of nitrogens with two attached hydrogens (primary N) is 1. The van der Waals surface area contributed by atoms with E-state index in [1.54, 1.807) is 6.92 Å². The van der Waals surface area contributed by atoms with Crippen LogP contribution in [-0.4, -0.2) is 30.3 Å². The van der Waals surface area contributed by atoms with Gasteiger partial charge in [-0.25, -0.2) is 0 Å². The monoisotopic (exact) mass is 171 g/mol. The standard InChI is InChI=1S/C6H13NO3.Na.H/c1-2-5(8)4-10-6(9)3-7;;/h5,8H,2-4,7H2,1H3;;/q;+1;-1. The van der Waals surface area contributed by atoms with Crippen molar-refractivity contribution < 1.29 is 45.6 Å². The second-order valence-electron chi connectivity index (χ2n) is 1.95. The third-order valence-electron chi connectivity index (χ3n) is 1.07. The molecule has 1 unspecified atom stereocenters. The number of rotatable bonds is 4. The smallest absolute Gasteiger partial charge is 1.00 e. The first-order valence-corrected chi connectivity index (χ1v) is 3.24. The van der Waals surface area contributed by atoms with Crippen molar-refractivity contribution in [3.05, 3.63) is 0 Å². The average Bonchev–Trinajstić information content (AvgIpc) is 1.99. The van der Waals surface area contributed by atoms with Gasteiger partial charge in [0.15, 0.2) is 0 Å². The van der Waals surface area contributed by atoms with Crippen molar-refractivity contribution in [1.29, 1.82) is 0 Å². The Labute approximate surface area is 89.9 Å². The van der Waals surface area contributed by atoms with E-state index in [1.807, 2.05) is 0 Å². The molecule has 0 radical (unpaired) electrons. The summed E-state index contributed by atoms with van der Waals surface area (Å²) in [6, 6.07) is 0. The number of carbonyl (C=O) groups is 1. The molecule has 1 atom stereocenters. The minimum absolute atomic E-state index is 0. The van der Waals surface area contributed by atoms with Crippen molar-refractivity contribution in [3.63, 3.8) is 0 Å². The van der Waals surface area contributed by atoms with E-state index in [0.29, 0.717) is 6.42 Å². The maximum absolute atomic E-state index is 10.4. The fraction of sp³-hybridized carbons (Fsp3) is 0.833. The summed E-state index contributed by atoms with van der Waals surface area (Å²) in [4.78, 5) is 10.4. The summed E-state index contributed by atoms with van der Waals surface area (Å²) >= 11 is 0. The van der Waals surface area contributed by atoms with Crippen molar-refractivity contribution in [1.82, 2.24) is 0 Å². The Balaban J connectivity index is -0.000000405. The first kappa shape index (κ1) is 13.9. The van der Waals surface area contributed by atoms with E-state index in [9.17, 15) is 4.79 Å². The topological polar surface area (TPSA) is 72.5 Å². The fourth-order valence-corrected chi connectivity index (χ4v) is 0.366. The van der Waals surface area contributed by atoms with Gasteiger partial charge in [0.25, 0.3) is 0 Å². The summed E-state index contributed by atoms with van der Waals surface area (Å²) < 4.78 is 4.53. The molecule has 3 N–H and O–H groups in total. The van der Waals surface area contributed by atoms with Crippen molar-refractivity contribution >= 4 is 5.97 Å². The van der Waals surface area contributed by atoms with Crippen molar-refractivity contribution in [3.8, 4) is 0 Å². The van der Waals surface area contributed by atoms with Gasteiger partial charge in [-0.1, -0.05) is 6.92 Å². The third kappa shape index (κ3) is 8.29. The van der Waals surface area contributed by atoms with Gasteiger partial charge >= 0.3 is 35.5 Å². The van der Waals surface area contributed by atoms with Crippen LogP contribution in [0.3, 0.4) is 0 Å². The molecule has 0 rings (SSSR count). The first-order chi connectivity index (χ1) is 4.70. The molecule has 62 valence electrons. The summed E-state index contributed by atoms with van der Waals surface area (Å²) in [5, 5.41) is 8.88. The minimum atomic E-state index is -0.560. The van der Waals surface area contributed by atoms with E-state index in [4.69, 9.17) is 10.8 Å². The molecule has 4 nitrogen and oxygen atoms in total. The molecular formula is C6H14NNaO3. The van der Waals surface area contributed by atoms with Crippen molar-refractivity contribution in [2.24, 2.45) is 5.73 Å². The van der Waals surface area contributed by atoms with E-state index in [2.05, 4.69) is 4.74 Å².